The van der Waals surface area contributed by atoms with Gasteiger partial charge in [0.15, 0.2) is 0 Å². The zero-order valence-corrected chi connectivity index (χ0v) is 13.8. The standard InChI is InChI=1S/C15H20ClNO3S/c1-15(2)8-4-6-12(10-15)17-14(18)11-5-3-7-13(9-11)21(16,19)20/h3,5,7,9,12H,4,6,8,10H2,1-2H3,(H,17,18). The molecule has 1 saturated carbocycles. The van der Waals surface area contributed by atoms with E-state index >= 15 is 0 Å². The number of amides is 1. The van der Waals surface area contributed by atoms with Crippen molar-refractivity contribution in [2.24, 2.45) is 5.41 Å². The third-order valence-corrected chi connectivity index (χ3v) is 5.27. The lowest BCUT2D eigenvalue weighted by atomic mass is 9.75. The van der Waals surface area contributed by atoms with Gasteiger partial charge in [-0.1, -0.05) is 26.3 Å². The van der Waals surface area contributed by atoms with Crippen LogP contribution >= 0.6 is 10.7 Å². The fraction of sp³-hybridized carbons (Fsp3) is 0.533. The van der Waals surface area contributed by atoms with Crippen LogP contribution in [0, 0.1) is 5.41 Å². The van der Waals surface area contributed by atoms with Crippen molar-refractivity contribution in [3.63, 3.8) is 0 Å². The summed E-state index contributed by atoms with van der Waals surface area (Å²) < 4.78 is 22.6. The molecular weight excluding hydrogens is 310 g/mol. The highest BCUT2D eigenvalue weighted by atomic mass is 35.7. The predicted octanol–water partition coefficient (Wildman–Crippen LogP) is 3.31. The molecule has 1 atom stereocenters. The summed E-state index contributed by atoms with van der Waals surface area (Å²) in [5, 5.41) is 2.99. The van der Waals surface area contributed by atoms with Crippen LogP contribution in [-0.4, -0.2) is 20.4 Å². The number of nitrogens with one attached hydrogen (secondary N) is 1. The smallest absolute Gasteiger partial charge is 0.261 e. The molecule has 1 amide bonds. The van der Waals surface area contributed by atoms with Gasteiger partial charge in [-0.3, -0.25) is 4.79 Å². The van der Waals surface area contributed by atoms with Gasteiger partial charge in [0.25, 0.3) is 15.0 Å². The molecule has 4 nitrogen and oxygen atoms in total. The molecule has 0 saturated heterocycles. The molecule has 21 heavy (non-hydrogen) atoms. The Morgan fingerprint density at radius 1 is 1.38 bits per heavy atom. The first-order chi connectivity index (χ1) is 9.67. The topological polar surface area (TPSA) is 63.2 Å². The van der Waals surface area contributed by atoms with Gasteiger partial charge in [-0.25, -0.2) is 8.42 Å². The van der Waals surface area contributed by atoms with Crippen molar-refractivity contribution in [1.29, 1.82) is 0 Å². The molecule has 1 aliphatic carbocycles. The van der Waals surface area contributed by atoms with E-state index in [0.717, 1.165) is 19.3 Å². The minimum absolute atomic E-state index is 0.0548. The molecule has 1 aliphatic rings. The van der Waals surface area contributed by atoms with Gasteiger partial charge in [-0.2, -0.15) is 0 Å². The highest BCUT2D eigenvalue weighted by molar-refractivity contribution is 8.13. The molecule has 0 aromatic heterocycles. The molecule has 1 aromatic rings. The van der Waals surface area contributed by atoms with E-state index in [9.17, 15) is 13.2 Å². The molecule has 1 fully saturated rings. The van der Waals surface area contributed by atoms with Crippen LogP contribution < -0.4 is 5.32 Å². The first-order valence-electron chi connectivity index (χ1n) is 7.03. The molecule has 6 heteroatoms. The lowest BCUT2D eigenvalue weighted by molar-refractivity contribution is 0.0902. The van der Waals surface area contributed by atoms with Gasteiger partial charge in [0, 0.05) is 22.3 Å². The van der Waals surface area contributed by atoms with E-state index in [4.69, 9.17) is 10.7 Å². The SMILES string of the molecule is CC1(C)CCCC(NC(=O)c2cccc(S(=O)(=O)Cl)c2)C1. The largest absolute Gasteiger partial charge is 0.349 e. The Bertz CT molecular complexity index is 640. The van der Waals surface area contributed by atoms with Crippen molar-refractivity contribution >= 4 is 25.6 Å². The highest BCUT2D eigenvalue weighted by Crippen LogP contribution is 2.35. The Kier molecular flexibility index (Phi) is 4.63. The van der Waals surface area contributed by atoms with E-state index in [1.54, 1.807) is 6.07 Å². The first-order valence-corrected chi connectivity index (χ1v) is 9.34. The molecular formula is C15H20ClNO3S. The second kappa shape index (κ2) is 5.97. The van der Waals surface area contributed by atoms with Crippen LogP contribution in [0.5, 0.6) is 0 Å². The third kappa shape index (κ3) is 4.45. The van der Waals surface area contributed by atoms with Gasteiger partial charge >= 0.3 is 0 Å². The van der Waals surface area contributed by atoms with Crippen molar-refractivity contribution in [2.75, 3.05) is 0 Å². The summed E-state index contributed by atoms with van der Waals surface area (Å²) >= 11 is 0. The summed E-state index contributed by atoms with van der Waals surface area (Å²) in [5.74, 6) is -0.250. The average Bonchev–Trinajstić information content (AvgIpc) is 2.36. The van der Waals surface area contributed by atoms with Gasteiger partial charge in [-0.05, 0) is 42.9 Å². The summed E-state index contributed by atoms with van der Waals surface area (Å²) in [6, 6.07) is 5.94. The zero-order valence-electron chi connectivity index (χ0n) is 12.2. The third-order valence-electron chi connectivity index (χ3n) is 3.92. The number of hydrogen-bond donors (Lipinski definition) is 1. The number of hydrogen-bond acceptors (Lipinski definition) is 3. The number of carbonyl (C=O) groups is 1. The monoisotopic (exact) mass is 329 g/mol. The van der Waals surface area contributed by atoms with Crippen molar-refractivity contribution in [3.8, 4) is 0 Å². The quantitative estimate of drug-likeness (QED) is 0.865. The summed E-state index contributed by atoms with van der Waals surface area (Å²) in [7, 11) is 1.49. The molecule has 1 aromatic carbocycles. The van der Waals surface area contributed by atoms with Crippen LogP contribution in [0.15, 0.2) is 29.2 Å². The van der Waals surface area contributed by atoms with Gasteiger partial charge < -0.3 is 5.32 Å². The van der Waals surface area contributed by atoms with Crippen LogP contribution in [-0.2, 0) is 9.05 Å². The lowest BCUT2D eigenvalue weighted by Crippen LogP contribution is -2.40. The minimum Gasteiger partial charge on any atom is -0.349 e. The number of benzene rings is 1. The minimum atomic E-state index is -3.82. The zero-order chi connectivity index (χ0) is 15.7. The second-order valence-electron chi connectivity index (χ2n) is 6.40. The van der Waals surface area contributed by atoms with Crippen molar-refractivity contribution in [2.45, 2.75) is 50.5 Å². The summed E-state index contributed by atoms with van der Waals surface area (Å²) in [4.78, 5) is 12.2. The maximum atomic E-state index is 12.3. The molecule has 1 N–H and O–H groups in total. The normalized spacial score (nSPS) is 21.8. The number of halogens is 1. The fourth-order valence-corrected chi connectivity index (χ4v) is 3.68. The fourth-order valence-electron chi connectivity index (χ4n) is 2.88. The van der Waals surface area contributed by atoms with Crippen LogP contribution in [0.4, 0.5) is 0 Å². The van der Waals surface area contributed by atoms with Crippen molar-refractivity contribution < 1.29 is 13.2 Å². The van der Waals surface area contributed by atoms with E-state index in [0.29, 0.717) is 5.56 Å². The van der Waals surface area contributed by atoms with E-state index in [1.165, 1.54) is 24.6 Å². The lowest BCUT2D eigenvalue weighted by Gasteiger charge is -2.35. The van der Waals surface area contributed by atoms with Gasteiger partial charge in [0.1, 0.15) is 0 Å². The summed E-state index contributed by atoms with van der Waals surface area (Å²) in [5.41, 5.74) is 0.553. The molecule has 116 valence electrons. The predicted molar refractivity (Wildman–Crippen MR) is 83.0 cm³/mol. The molecule has 0 spiro atoms. The van der Waals surface area contributed by atoms with Crippen molar-refractivity contribution in [3.05, 3.63) is 29.8 Å². The van der Waals surface area contributed by atoms with Crippen LogP contribution in [0.1, 0.15) is 49.9 Å². The maximum Gasteiger partial charge on any atom is 0.261 e. The highest BCUT2D eigenvalue weighted by Gasteiger charge is 2.29. The Morgan fingerprint density at radius 3 is 2.71 bits per heavy atom. The first kappa shape index (κ1) is 16.3. The van der Waals surface area contributed by atoms with Crippen LogP contribution in [0.3, 0.4) is 0 Å². The Labute approximate surface area is 130 Å². The molecule has 0 bridgehead atoms. The van der Waals surface area contributed by atoms with Crippen molar-refractivity contribution in [1.82, 2.24) is 5.32 Å². The second-order valence-corrected chi connectivity index (χ2v) is 8.96. The average molecular weight is 330 g/mol. The van der Waals surface area contributed by atoms with Gasteiger partial charge in [0.2, 0.25) is 0 Å². The van der Waals surface area contributed by atoms with E-state index in [-0.39, 0.29) is 22.3 Å². The van der Waals surface area contributed by atoms with Gasteiger partial charge in [0.05, 0.1) is 4.90 Å². The molecule has 0 heterocycles. The van der Waals surface area contributed by atoms with Crippen LogP contribution in [0.2, 0.25) is 0 Å². The van der Waals surface area contributed by atoms with Gasteiger partial charge in [-0.15, -0.1) is 0 Å². The van der Waals surface area contributed by atoms with E-state index < -0.39 is 9.05 Å². The Morgan fingerprint density at radius 2 is 2.10 bits per heavy atom. The van der Waals surface area contributed by atoms with Crippen LogP contribution in [0.25, 0.3) is 0 Å². The number of carbonyl (C=O) groups excluding carboxylic acids is 1. The molecule has 0 radical (unpaired) electrons. The van der Waals surface area contributed by atoms with E-state index in [2.05, 4.69) is 19.2 Å². The maximum absolute atomic E-state index is 12.3. The molecule has 0 aliphatic heterocycles. The molecule has 1 unspecified atom stereocenters. The Balaban J connectivity index is 2.10. The number of rotatable bonds is 3. The summed E-state index contributed by atoms with van der Waals surface area (Å²) in [6.07, 6.45) is 4.16. The van der Waals surface area contributed by atoms with E-state index in [1.807, 2.05) is 0 Å². The summed E-state index contributed by atoms with van der Waals surface area (Å²) in [6.45, 7) is 4.40. The Hall–Kier alpha value is -1.07. The molecule has 2 rings (SSSR count).